The summed E-state index contributed by atoms with van der Waals surface area (Å²) in [6, 6.07) is 4.46. The van der Waals surface area contributed by atoms with Crippen molar-refractivity contribution in [1.82, 2.24) is 4.98 Å². The van der Waals surface area contributed by atoms with Crippen LogP contribution in [-0.2, 0) is 12.8 Å². The molecule has 0 atom stereocenters. The quantitative estimate of drug-likeness (QED) is 0.829. The first-order valence-electron chi connectivity index (χ1n) is 4.73. The third-order valence-electron chi connectivity index (χ3n) is 2.05. The largest absolute Gasteiger partial charge is 0.486 e. The molecule has 0 radical (unpaired) electrons. The molecule has 0 bridgehead atoms. The van der Waals surface area contributed by atoms with Crippen LogP contribution >= 0.6 is 0 Å². The number of rotatable bonds is 3. The highest BCUT2D eigenvalue weighted by atomic mass is 19.4. The molecule has 0 spiro atoms. The van der Waals surface area contributed by atoms with Gasteiger partial charge in [-0.05, 0) is 24.3 Å². The van der Waals surface area contributed by atoms with Crippen LogP contribution in [0.3, 0.4) is 0 Å². The zero-order chi connectivity index (χ0) is 12.3. The molecule has 0 aliphatic heterocycles. The second-order valence-corrected chi connectivity index (χ2v) is 3.28. The Morgan fingerprint density at radius 3 is 2.41 bits per heavy atom. The van der Waals surface area contributed by atoms with Crippen LogP contribution in [0.4, 0.5) is 13.2 Å². The molecular weight excluding hydrogens is 235 g/mol. The van der Waals surface area contributed by atoms with Gasteiger partial charge in [-0.15, -0.1) is 0 Å². The van der Waals surface area contributed by atoms with Crippen LogP contribution in [0.15, 0.2) is 41.3 Å². The third-order valence-corrected chi connectivity index (χ3v) is 2.05. The van der Waals surface area contributed by atoms with Gasteiger partial charge in [0, 0.05) is 0 Å². The molecule has 0 amide bonds. The molecule has 6 heteroatoms. The lowest BCUT2D eigenvalue weighted by atomic mass is 10.2. The standard InChI is InChI=1S/C11H8F3NO2/c12-11(13,14)8-1-3-9(4-2-8)16-6-10-5-15-7-17-10/h1-5,7H,6H2. The molecule has 1 aromatic heterocycles. The van der Waals surface area contributed by atoms with Crippen LogP contribution in [-0.4, -0.2) is 4.98 Å². The van der Waals surface area contributed by atoms with Crippen LogP contribution < -0.4 is 4.74 Å². The van der Waals surface area contributed by atoms with Crippen LogP contribution in [0.25, 0.3) is 0 Å². The minimum absolute atomic E-state index is 0.130. The molecule has 0 saturated carbocycles. The van der Waals surface area contributed by atoms with Gasteiger partial charge in [0.2, 0.25) is 0 Å². The molecule has 0 aliphatic carbocycles. The normalized spacial score (nSPS) is 11.5. The fourth-order valence-corrected chi connectivity index (χ4v) is 1.21. The lowest BCUT2D eigenvalue weighted by molar-refractivity contribution is -0.137. The zero-order valence-corrected chi connectivity index (χ0v) is 8.57. The first-order valence-corrected chi connectivity index (χ1v) is 4.73. The highest BCUT2D eigenvalue weighted by Gasteiger charge is 2.29. The number of aromatic nitrogens is 1. The van der Waals surface area contributed by atoms with Crippen LogP contribution in [0.1, 0.15) is 11.3 Å². The van der Waals surface area contributed by atoms with Crippen molar-refractivity contribution in [2.75, 3.05) is 0 Å². The minimum Gasteiger partial charge on any atom is -0.486 e. The van der Waals surface area contributed by atoms with E-state index in [1.54, 1.807) is 0 Å². The number of ether oxygens (including phenoxy) is 1. The van der Waals surface area contributed by atoms with Crippen molar-refractivity contribution in [1.29, 1.82) is 0 Å². The van der Waals surface area contributed by atoms with Crippen molar-refractivity contribution in [3.05, 3.63) is 48.2 Å². The summed E-state index contributed by atoms with van der Waals surface area (Å²) >= 11 is 0. The SMILES string of the molecule is FC(F)(F)c1ccc(OCc2cnco2)cc1. The second kappa shape index (κ2) is 4.48. The number of benzene rings is 1. The Kier molecular flexibility index (Phi) is 3.03. The van der Waals surface area contributed by atoms with E-state index in [1.165, 1.54) is 24.7 Å². The van der Waals surface area contributed by atoms with E-state index in [4.69, 9.17) is 9.15 Å². The van der Waals surface area contributed by atoms with E-state index in [9.17, 15) is 13.2 Å². The molecule has 0 aliphatic rings. The predicted octanol–water partition coefficient (Wildman–Crippen LogP) is 3.27. The lowest BCUT2D eigenvalue weighted by Gasteiger charge is -2.08. The maximum atomic E-state index is 12.3. The average molecular weight is 243 g/mol. The Balaban J connectivity index is 1.99. The van der Waals surface area contributed by atoms with Crippen molar-refractivity contribution in [2.24, 2.45) is 0 Å². The molecule has 17 heavy (non-hydrogen) atoms. The van der Waals surface area contributed by atoms with Crippen LogP contribution in [0.2, 0.25) is 0 Å². The summed E-state index contributed by atoms with van der Waals surface area (Å²) in [5.74, 6) is 0.847. The average Bonchev–Trinajstić information content (AvgIpc) is 2.78. The van der Waals surface area contributed by atoms with E-state index in [0.29, 0.717) is 11.5 Å². The van der Waals surface area contributed by atoms with E-state index >= 15 is 0 Å². The number of hydrogen-bond donors (Lipinski definition) is 0. The van der Waals surface area contributed by atoms with Crippen molar-refractivity contribution in [3.63, 3.8) is 0 Å². The second-order valence-electron chi connectivity index (χ2n) is 3.28. The molecule has 0 unspecified atom stereocenters. The minimum atomic E-state index is -4.33. The fourth-order valence-electron chi connectivity index (χ4n) is 1.21. The maximum absolute atomic E-state index is 12.3. The molecule has 1 aromatic carbocycles. The summed E-state index contributed by atoms with van der Waals surface area (Å²) in [7, 11) is 0. The van der Waals surface area contributed by atoms with Crippen molar-refractivity contribution in [2.45, 2.75) is 12.8 Å². The molecule has 90 valence electrons. The van der Waals surface area contributed by atoms with Crippen molar-refractivity contribution >= 4 is 0 Å². The summed E-state index contributed by atoms with van der Waals surface area (Å²) in [6.45, 7) is 0.130. The van der Waals surface area contributed by atoms with Gasteiger partial charge in [0.1, 0.15) is 12.4 Å². The topological polar surface area (TPSA) is 35.3 Å². The third kappa shape index (κ3) is 2.99. The molecule has 0 saturated heterocycles. The highest BCUT2D eigenvalue weighted by Crippen LogP contribution is 2.30. The van der Waals surface area contributed by atoms with E-state index < -0.39 is 11.7 Å². The molecule has 2 aromatic rings. The molecule has 0 N–H and O–H groups in total. The number of alkyl halides is 3. The van der Waals surface area contributed by atoms with Gasteiger partial charge in [0.25, 0.3) is 0 Å². The van der Waals surface area contributed by atoms with E-state index in [1.807, 2.05) is 0 Å². The Morgan fingerprint density at radius 1 is 1.18 bits per heavy atom. The first-order chi connectivity index (χ1) is 8.05. The fraction of sp³-hybridized carbons (Fsp3) is 0.182. The van der Waals surface area contributed by atoms with Gasteiger partial charge in [-0.2, -0.15) is 13.2 Å². The zero-order valence-electron chi connectivity index (χ0n) is 8.57. The van der Waals surface area contributed by atoms with Gasteiger partial charge in [0.15, 0.2) is 12.2 Å². The van der Waals surface area contributed by atoms with E-state index in [2.05, 4.69) is 4.98 Å². The van der Waals surface area contributed by atoms with Gasteiger partial charge in [0.05, 0.1) is 11.8 Å². The Labute approximate surface area is 94.8 Å². The summed E-state index contributed by atoms with van der Waals surface area (Å²) in [5.41, 5.74) is -0.704. The maximum Gasteiger partial charge on any atom is 0.416 e. The highest BCUT2D eigenvalue weighted by molar-refractivity contribution is 5.28. The predicted molar refractivity (Wildman–Crippen MR) is 52.3 cm³/mol. The van der Waals surface area contributed by atoms with Crippen molar-refractivity contribution in [3.8, 4) is 5.75 Å². The number of nitrogens with zero attached hydrogens (tertiary/aromatic N) is 1. The molecule has 0 fully saturated rings. The number of halogens is 3. The molecule has 2 rings (SSSR count). The monoisotopic (exact) mass is 243 g/mol. The van der Waals surface area contributed by atoms with E-state index in [0.717, 1.165) is 12.1 Å². The summed E-state index contributed by atoms with van der Waals surface area (Å²) in [5, 5.41) is 0. The van der Waals surface area contributed by atoms with Gasteiger partial charge in [-0.3, -0.25) is 0 Å². The number of oxazole rings is 1. The first kappa shape index (κ1) is 11.5. The summed E-state index contributed by atoms with van der Waals surface area (Å²) in [6.07, 6.45) is -1.60. The van der Waals surface area contributed by atoms with Gasteiger partial charge < -0.3 is 9.15 Å². The van der Waals surface area contributed by atoms with Crippen molar-refractivity contribution < 1.29 is 22.3 Å². The Morgan fingerprint density at radius 2 is 1.88 bits per heavy atom. The van der Waals surface area contributed by atoms with Gasteiger partial charge in [-0.1, -0.05) is 0 Å². The Hall–Kier alpha value is -1.98. The van der Waals surface area contributed by atoms with Crippen LogP contribution in [0.5, 0.6) is 5.75 Å². The van der Waals surface area contributed by atoms with Gasteiger partial charge >= 0.3 is 6.18 Å². The lowest BCUT2D eigenvalue weighted by Crippen LogP contribution is -2.04. The molecular formula is C11H8F3NO2. The molecule has 1 heterocycles. The van der Waals surface area contributed by atoms with Gasteiger partial charge in [-0.25, -0.2) is 4.98 Å². The summed E-state index contributed by atoms with van der Waals surface area (Å²) < 4.78 is 46.9. The summed E-state index contributed by atoms with van der Waals surface area (Å²) in [4.78, 5) is 3.69. The molecule has 3 nitrogen and oxygen atoms in total. The number of hydrogen-bond acceptors (Lipinski definition) is 3. The Bertz CT molecular complexity index is 462. The smallest absolute Gasteiger partial charge is 0.416 e. The van der Waals surface area contributed by atoms with Crippen LogP contribution in [0, 0.1) is 0 Å². The van der Waals surface area contributed by atoms with E-state index in [-0.39, 0.29) is 6.61 Å².